The molecule has 0 saturated heterocycles. The SMILES string of the molecule is O=C([C@H]1Cc2ccccc2CN1)N1CCc2nc[nH]c2C1. The van der Waals surface area contributed by atoms with Gasteiger partial charge in [0, 0.05) is 19.5 Å². The fraction of sp³-hybridized carbons (Fsp3) is 0.375. The second kappa shape index (κ2) is 5.00. The molecule has 0 fully saturated rings. The van der Waals surface area contributed by atoms with Crippen molar-refractivity contribution in [2.75, 3.05) is 6.54 Å². The van der Waals surface area contributed by atoms with Gasteiger partial charge in [-0.05, 0) is 17.5 Å². The summed E-state index contributed by atoms with van der Waals surface area (Å²) in [6, 6.07) is 8.24. The lowest BCUT2D eigenvalue weighted by Crippen LogP contribution is -2.50. The van der Waals surface area contributed by atoms with Crippen LogP contribution in [0, 0.1) is 0 Å². The largest absolute Gasteiger partial charge is 0.347 e. The van der Waals surface area contributed by atoms with Gasteiger partial charge in [-0.15, -0.1) is 0 Å². The molecule has 3 heterocycles. The molecule has 0 unspecified atom stereocenters. The quantitative estimate of drug-likeness (QED) is 0.820. The molecule has 5 nitrogen and oxygen atoms in total. The number of imidazole rings is 1. The molecule has 1 aromatic heterocycles. The maximum absolute atomic E-state index is 12.7. The summed E-state index contributed by atoms with van der Waals surface area (Å²) in [4.78, 5) is 22.1. The van der Waals surface area contributed by atoms with Crippen molar-refractivity contribution in [3.63, 3.8) is 0 Å². The first-order valence-electron chi connectivity index (χ1n) is 7.41. The summed E-state index contributed by atoms with van der Waals surface area (Å²) in [5.74, 6) is 0.199. The van der Waals surface area contributed by atoms with Crippen LogP contribution in [-0.4, -0.2) is 33.4 Å². The molecule has 0 spiro atoms. The Kier molecular flexibility index (Phi) is 3.00. The van der Waals surface area contributed by atoms with Crippen LogP contribution in [0.25, 0.3) is 0 Å². The Bertz CT molecular complexity index is 678. The molecule has 4 rings (SSSR count). The molecule has 21 heavy (non-hydrogen) atoms. The number of fused-ring (bicyclic) bond motifs is 2. The van der Waals surface area contributed by atoms with Gasteiger partial charge in [-0.25, -0.2) is 4.98 Å². The second-order valence-corrected chi connectivity index (χ2v) is 5.74. The van der Waals surface area contributed by atoms with Gasteiger partial charge >= 0.3 is 0 Å². The Labute approximate surface area is 123 Å². The van der Waals surface area contributed by atoms with Gasteiger partial charge in [-0.1, -0.05) is 24.3 Å². The lowest BCUT2D eigenvalue weighted by molar-refractivity contribution is -0.134. The third-order valence-electron chi connectivity index (χ3n) is 4.47. The summed E-state index contributed by atoms with van der Waals surface area (Å²) in [6.45, 7) is 2.18. The van der Waals surface area contributed by atoms with Gasteiger partial charge < -0.3 is 15.2 Å². The number of nitrogens with one attached hydrogen (secondary N) is 2. The number of aromatic nitrogens is 2. The number of rotatable bonds is 1. The van der Waals surface area contributed by atoms with Crippen LogP contribution in [-0.2, 0) is 30.7 Å². The van der Waals surface area contributed by atoms with Gasteiger partial charge in [0.25, 0.3) is 0 Å². The maximum atomic E-state index is 12.7. The first-order valence-corrected chi connectivity index (χ1v) is 7.41. The Morgan fingerprint density at radius 3 is 3.05 bits per heavy atom. The van der Waals surface area contributed by atoms with Crippen LogP contribution >= 0.6 is 0 Å². The Morgan fingerprint density at radius 2 is 2.14 bits per heavy atom. The summed E-state index contributed by atoms with van der Waals surface area (Å²) in [6.07, 6.45) is 3.34. The molecule has 2 aliphatic rings. The number of aromatic amines is 1. The highest BCUT2D eigenvalue weighted by Gasteiger charge is 2.30. The van der Waals surface area contributed by atoms with E-state index in [1.54, 1.807) is 6.33 Å². The van der Waals surface area contributed by atoms with Crippen molar-refractivity contribution in [2.45, 2.75) is 32.0 Å². The summed E-state index contributed by atoms with van der Waals surface area (Å²) in [7, 11) is 0. The molecular weight excluding hydrogens is 264 g/mol. The first-order chi connectivity index (χ1) is 10.3. The van der Waals surface area contributed by atoms with E-state index in [1.807, 2.05) is 17.0 Å². The number of hydrogen-bond acceptors (Lipinski definition) is 3. The highest BCUT2D eigenvalue weighted by Crippen LogP contribution is 2.20. The first kappa shape index (κ1) is 12.6. The van der Waals surface area contributed by atoms with E-state index in [0.29, 0.717) is 6.54 Å². The predicted octanol–water partition coefficient (Wildman–Crippen LogP) is 1.01. The van der Waals surface area contributed by atoms with E-state index in [9.17, 15) is 4.79 Å². The van der Waals surface area contributed by atoms with Crippen molar-refractivity contribution < 1.29 is 4.79 Å². The van der Waals surface area contributed by atoms with E-state index in [1.165, 1.54) is 11.1 Å². The Morgan fingerprint density at radius 1 is 1.29 bits per heavy atom. The second-order valence-electron chi connectivity index (χ2n) is 5.74. The summed E-state index contributed by atoms with van der Waals surface area (Å²) in [5, 5.41) is 3.37. The van der Waals surface area contributed by atoms with Crippen LogP contribution in [0.4, 0.5) is 0 Å². The summed E-state index contributed by atoms with van der Waals surface area (Å²) >= 11 is 0. The minimum atomic E-state index is -0.107. The van der Waals surface area contributed by atoms with Crippen LogP contribution in [0.15, 0.2) is 30.6 Å². The number of nitrogens with zero attached hydrogens (tertiary/aromatic N) is 2. The fourth-order valence-corrected chi connectivity index (χ4v) is 3.25. The normalized spacial score (nSPS) is 20.8. The zero-order valence-corrected chi connectivity index (χ0v) is 11.8. The minimum Gasteiger partial charge on any atom is -0.347 e. The topological polar surface area (TPSA) is 61.0 Å². The number of amides is 1. The van der Waals surface area contributed by atoms with Gasteiger partial charge in [-0.2, -0.15) is 0 Å². The molecule has 0 saturated carbocycles. The van der Waals surface area contributed by atoms with Crippen LogP contribution in [0.5, 0.6) is 0 Å². The molecule has 1 aromatic carbocycles. The molecule has 108 valence electrons. The zero-order valence-electron chi connectivity index (χ0n) is 11.8. The highest BCUT2D eigenvalue weighted by atomic mass is 16.2. The molecule has 2 aromatic rings. The zero-order chi connectivity index (χ0) is 14.2. The summed E-state index contributed by atoms with van der Waals surface area (Å²) < 4.78 is 0. The molecule has 0 aliphatic carbocycles. The lowest BCUT2D eigenvalue weighted by atomic mass is 9.95. The molecule has 1 atom stereocenters. The van der Waals surface area contributed by atoms with Crippen LogP contribution in [0.3, 0.4) is 0 Å². The number of carbonyl (C=O) groups excluding carboxylic acids is 1. The van der Waals surface area contributed by atoms with Crippen LogP contribution in [0.1, 0.15) is 22.5 Å². The monoisotopic (exact) mass is 282 g/mol. The van der Waals surface area contributed by atoms with Gasteiger partial charge in [0.2, 0.25) is 5.91 Å². The van der Waals surface area contributed by atoms with Gasteiger partial charge in [0.05, 0.1) is 30.3 Å². The number of hydrogen-bond donors (Lipinski definition) is 2. The van der Waals surface area contributed by atoms with Gasteiger partial charge in [-0.3, -0.25) is 4.79 Å². The van der Waals surface area contributed by atoms with Crippen molar-refractivity contribution in [3.8, 4) is 0 Å². The molecular formula is C16H18N4O. The van der Waals surface area contributed by atoms with Crippen molar-refractivity contribution in [2.24, 2.45) is 0 Å². The third-order valence-corrected chi connectivity index (χ3v) is 4.47. The van der Waals surface area contributed by atoms with Gasteiger partial charge in [0.15, 0.2) is 0 Å². The van der Waals surface area contributed by atoms with Crippen LogP contribution in [0.2, 0.25) is 0 Å². The van der Waals surface area contributed by atoms with Crippen molar-refractivity contribution in [1.82, 2.24) is 20.2 Å². The van der Waals surface area contributed by atoms with E-state index in [2.05, 4.69) is 27.4 Å². The van der Waals surface area contributed by atoms with E-state index in [4.69, 9.17) is 0 Å². The lowest BCUT2D eigenvalue weighted by Gasteiger charge is -2.32. The van der Waals surface area contributed by atoms with Crippen molar-refractivity contribution in [1.29, 1.82) is 0 Å². The number of benzene rings is 1. The average Bonchev–Trinajstić information content (AvgIpc) is 3.01. The smallest absolute Gasteiger partial charge is 0.240 e. The van der Waals surface area contributed by atoms with Crippen LogP contribution < -0.4 is 5.32 Å². The predicted molar refractivity (Wildman–Crippen MR) is 78.5 cm³/mol. The standard InChI is InChI=1S/C16H18N4O/c21-16(20-6-5-13-15(9-20)19-10-18-13)14-7-11-3-1-2-4-12(11)8-17-14/h1-4,10,14,17H,5-9H2,(H,18,19)/t14-/m1/s1. The van der Waals surface area contributed by atoms with E-state index in [-0.39, 0.29) is 11.9 Å². The molecule has 0 bridgehead atoms. The molecule has 0 radical (unpaired) electrons. The Balaban J connectivity index is 1.49. The number of carbonyl (C=O) groups is 1. The van der Waals surface area contributed by atoms with Crippen molar-refractivity contribution in [3.05, 3.63) is 53.1 Å². The molecule has 2 aliphatic heterocycles. The Hall–Kier alpha value is -2.14. The third kappa shape index (κ3) is 2.23. The maximum Gasteiger partial charge on any atom is 0.240 e. The summed E-state index contributed by atoms with van der Waals surface area (Å²) in [5.41, 5.74) is 4.76. The minimum absolute atomic E-state index is 0.107. The molecule has 1 amide bonds. The number of H-pyrrole nitrogens is 1. The fourth-order valence-electron chi connectivity index (χ4n) is 3.25. The molecule has 2 N–H and O–H groups in total. The van der Waals surface area contributed by atoms with Crippen molar-refractivity contribution >= 4 is 5.91 Å². The van der Waals surface area contributed by atoms with E-state index < -0.39 is 0 Å². The van der Waals surface area contributed by atoms with E-state index >= 15 is 0 Å². The molecule has 5 heteroatoms. The average molecular weight is 282 g/mol. The van der Waals surface area contributed by atoms with E-state index in [0.717, 1.165) is 37.3 Å². The highest BCUT2D eigenvalue weighted by molar-refractivity contribution is 5.82. The van der Waals surface area contributed by atoms with Gasteiger partial charge in [0.1, 0.15) is 0 Å².